The van der Waals surface area contributed by atoms with E-state index in [0.717, 1.165) is 12.0 Å². The summed E-state index contributed by atoms with van der Waals surface area (Å²) in [6.45, 7) is 12.8. The van der Waals surface area contributed by atoms with Crippen LogP contribution in [0.1, 0.15) is 50.0 Å². The molecule has 1 amide bonds. The summed E-state index contributed by atoms with van der Waals surface area (Å²) < 4.78 is 20.0. The van der Waals surface area contributed by atoms with E-state index in [1.54, 1.807) is 6.07 Å². The van der Waals surface area contributed by atoms with E-state index in [0.29, 0.717) is 12.0 Å². The van der Waals surface area contributed by atoms with Crippen LogP contribution in [0.3, 0.4) is 0 Å². The lowest BCUT2D eigenvalue weighted by molar-refractivity contribution is -0.141. The maximum atomic E-state index is 13.6. The van der Waals surface area contributed by atoms with Crippen LogP contribution in [-0.2, 0) is 15.6 Å². The highest BCUT2D eigenvalue weighted by Crippen LogP contribution is 2.41. The number of nitrogens with one attached hydrogen (secondary N) is 1. The van der Waals surface area contributed by atoms with Crippen LogP contribution in [0.4, 0.5) is 4.39 Å². The van der Waals surface area contributed by atoms with E-state index in [-0.39, 0.29) is 40.7 Å². The van der Waals surface area contributed by atoms with Crippen LogP contribution < -0.4 is 5.32 Å². The molecule has 3 rings (SSSR count). The molecule has 27 heavy (non-hydrogen) atoms. The van der Waals surface area contributed by atoms with Gasteiger partial charge in [0.15, 0.2) is 14.1 Å². The summed E-state index contributed by atoms with van der Waals surface area (Å²) >= 11 is 0. The zero-order chi connectivity index (χ0) is 20.1. The Bertz CT molecular complexity index is 771. The van der Waals surface area contributed by atoms with Gasteiger partial charge in [-0.05, 0) is 55.6 Å². The molecule has 1 fully saturated rings. The molecule has 1 N–H and O–H groups in total. The average Bonchev–Trinajstić information content (AvgIpc) is 2.52. The lowest BCUT2D eigenvalue weighted by atomic mass is 9.70. The largest absolute Gasteiger partial charge is 0.413 e. The molecular weight excluding hydrogens is 361 g/mol. The number of aryl methyl sites for hydroxylation is 1. The molecular formula is C21H30FNO3Si. The van der Waals surface area contributed by atoms with E-state index in [4.69, 9.17) is 4.43 Å². The Morgan fingerprint density at radius 1 is 1.26 bits per heavy atom. The molecule has 0 bridgehead atoms. The molecule has 6 heteroatoms. The van der Waals surface area contributed by atoms with Crippen molar-refractivity contribution in [2.75, 3.05) is 0 Å². The van der Waals surface area contributed by atoms with Gasteiger partial charge in [-0.25, -0.2) is 4.39 Å². The number of halogens is 1. The first-order valence-electron chi connectivity index (χ1n) is 9.73. The second-order valence-corrected chi connectivity index (χ2v) is 14.2. The number of β-lactam (4-membered cyclic amide) rings is 1. The van der Waals surface area contributed by atoms with Crippen LogP contribution >= 0.6 is 0 Å². The van der Waals surface area contributed by atoms with Crippen molar-refractivity contribution in [2.45, 2.75) is 70.8 Å². The lowest BCUT2D eigenvalue weighted by Crippen LogP contribution is -2.67. The minimum absolute atomic E-state index is 0.0497. The number of amides is 1. The first kappa shape index (κ1) is 20.2. The third kappa shape index (κ3) is 3.61. The third-order valence-electron chi connectivity index (χ3n) is 6.62. The van der Waals surface area contributed by atoms with Gasteiger partial charge in [0.1, 0.15) is 5.82 Å². The first-order valence-corrected chi connectivity index (χ1v) is 12.6. The monoisotopic (exact) mass is 391 g/mol. The number of hydrogen-bond donors (Lipinski definition) is 1. The maximum Gasteiger partial charge on any atom is 0.228 e. The van der Waals surface area contributed by atoms with Crippen molar-refractivity contribution in [1.29, 1.82) is 0 Å². The van der Waals surface area contributed by atoms with Crippen molar-refractivity contribution in [3.63, 3.8) is 0 Å². The summed E-state index contributed by atoms with van der Waals surface area (Å²) in [4.78, 5) is 25.3. The molecule has 0 aromatic heterocycles. The number of Topliss-reactive ketones (excluding diaryl/α,β-unsaturated/α-hetero) is 1. The fourth-order valence-electron chi connectivity index (χ4n) is 3.97. The van der Waals surface area contributed by atoms with Gasteiger partial charge in [0.2, 0.25) is 5.91 Å². The number of ketones is 1. The molecule has 0 unspecified atom stereocenters. The maximum absolute atomic E-state index is 13.6. The molecule has 1 aliphatic heterocycles. The zero-order valence-electron chi connectivity index (χ0n) is 17.1. The second-order valence-electron chi connectivity index (χ2n) is 9.45. The summed E-state index contributed by atoms with van der Waals surface area (Å²) in [5.41, 5.74) is 1.36. The summed E-state index contributed by atoms with van der Waals surface area (Å²) in [5, 5.41) is 2.98. The SMILES string of the molecule is C[C@@H](O[Si](C)(C)C(C)(C)C)[C@H]1C(=O)N[C@@H]1[C@H]1CCc2ccc(F)cc2C1=O. The normalized spacial score (nSPS) is 26.9. The van der Waals surface area contributed by atoms with Crippen LogP contribution in [0.2, 0.25) is 18.1 Å². The molecule has 0 spiro atoms. The fourth-order valence-corrected chi connectivity index (χ4v) is 5.40. The standard InChI is InChI=1S/C21H30FNO3Si/c1-12(26-27(5,6)21(2,3)4)17-18(23-20(17)25)15-10-8-13-7-9-14(22)11-16(13)19(15)24/h7,9,11-12,15,17-18H,8,10H2,1-6H3,(H,23,25)/t12-,15-,17-,18-/m1/s1. The molecule has 2 aliphatic rings. The van der Waals surface area contributed by atoms with Crippen molar-refractivity contribution in [1.82, 2.24) is 5.32 Å². The smallest absolute Gasteiger partial charge is 0.228 e. The molecule has 1 saturated heterocycles. The van der Waals surface area contributed by atoms with E-state index in [1.165, 1.54) is 12.1 Å². The molecule has 1 aliphatic carbocycles. The Kier molecular flexibility index (Phi) is 5.10. The van der Waals surface area contributed by atoms with Crippen LogP contribution in [0.25, 0.3) is 0 Å². The van der Waals surface area contributed by atoms with Crippen LogP contribution in [0, 0.1) is 17.7 Å². The van der Waals surface area contributed by atoms with Crippen molar-refractivity contribution in [2.24, 2.45) is 11.8 Å². The summed E-state index contributed by atoms with van der Waals surface area (Å²) in [6, 6.07) is 4.18. The number of carbonyl (C=O) groups excluding carboxylic acids is 2. The van der Waals surface area contributed by atoms with Crippen molar-refractivity contribution >= 4 is 20.0 Å². The molecule has 0 saturated carbocycles. The third-order valence-corrected chi connectivity index (χ3v) is 11.2. The topological polar surface area (TPSA) is 55.4 Å². The Morgan fingerprint density at radius 2 is 1.93 bits per heavy atom. The van der Waals surface area contributed by atoms with Crippen molar-refractivity contribution in [3.05, 3.63) is 35.1 Å². The van der Waals surface area contributed by atoms with Gasteiger partial charge in [0.05, 0.1) is 18.1 Å². The number of benzene rings is 1. The fraction of sp³-hybridized carbons (Fsp3) is 0.619. The second kappa shape index (κ2) is 6.81. The van der Waals surface area contributed by atoms with Gasteiger partial charge in [-0.1, -0.05) is 26.8 Å². The quantitative estimate of drug-likeness (QED) is 0.621. The van der Waals surface area contributed by atoms with Gasteiger partial charge >= 0.3 is 0 Å². The number of fused-ring (bicyclic) bond motifs is 1. The number of hydrogen-bond acceptors (Lipinski definition) is 3. The van der Waals surface area contributed by atoms with E-state index < -0.39 is 14.1 Å². The van der Waals surface area contributed by atoms with Crippen LogP contribution in [0.15, 0.2) is 18.2 Å². The Hall–Kier alpha value is -1.53. The molecule has 4 nitrogen and oxygen atoms in total. The van der Waals surface area contributed by atoms with Crippen molar-refractivity contribution < 1.29 is 18.4 Å². The highest BCUT2D eigenvalue weighted by molar-refractivity contribution is 6.74. The minimum Gasteiger partial charge on any atom is -0.413 e. The summed E-state index contributed by atoms with van der Waals surface area (Å²) in [7, 11) is -2.02. The molecule has 4 atom stereocenters. The van der Waals surface area contributed by atoms with Crippen LogP contribution in [-0.4, -0.2) is 32.2 Å². The Morgan fingerprint density at radius 3 is 2.52 bits per heavy atom. The van der Waals surface area contributed by atoms with E-state index >= 15 is 0 Å². The van der Waals surface area contributed by atoms with Gasteiger partial charge < -0.3 is 9.74 Å². The summed E-state index contributed by atoms with van der Waals surface area (Å²) in [5.74, 6) is -1.16. The van der Waals surface area contributed by atoms with Gasteiger partial charge in [0.25, 0.3) is 0 Å². The average molecular weight is 392 g/mol. The van der Waals surface area contributed by atoms with E-state index in [1.807, 2.05) is 6.92 Å². The number of carbonyl (C=O) groups is 2. The van der Waals surface area contributed by atoms with Gasteiger partial charge in [-0.2, -0.15) is 0 Å². The van der Waals surface area contributed by atoms with Crippen molar-refractivity contribution in [3.8, 4) is 0 Å². The predicted molar refractivity (Wildman–Crippen MR) is 106 cm³/mol. The predicted octanol–water partition coefficient (Wildman–Crippen LogP) is 4.10. The lowest BCUT2D eigenvalue weighted by Gasteiger charge is -2.48. The highest BCUT2D eigenvalue weighted by Gasteiger charge is 2.52. The number of rotatable bonds is 4. The minimum atomic E-state index is -2.02. The van der Waals surface area contributed by atoms with Gasteiger partial charge in [-0.15, -0.1) is 0 Å². The molecule has 0 radical (unpaired) electrons. The highest BCUT2D eigenvalue weighted by atomic mass is 28.4. The molecule has 148 valence electrons. The van der Waals surface area contributed by atoms with Gasteiger partial charge in [0, 0.05) is 11.5 Å². The van der Waals surface area contributed by atoms with E-state index in [2.05, 4.69) is 39.2 Å². The zero-order valence-corrected chi connectivity index (χ0v) is 18.1. The Labute approximate surface area is 162 Å². The molecule has 1 aromatic carbocycles. The van der Waals surface area contributed by atoms with Crippen LogP contribution in [0.5, 0.6) is 0 Å². The van der Waals surface area contributed by atoms with E-state index in [9.17, 15) is 14.0 Å². The first-order chi connectivity index (χ1) is 12.4. The summed E-state index contributed by atoms with van der Waals surface area (Å²) in [6.07, 6.45) is 1.15. The van der Waals surface area contributed by atoms with Gasteiger partial charge in [-0.3, -0.25) is 9.59 Å². The Balaban J connectivity index is 1.78. The molecule has 1 aromatic rings. The molecule has 1 heterocycles.